The number of anilines is 1. The van der Waals surface area contributed by atoms with Crippen molar-refractivity contribution in [3.05, 3.63) is 23.8 Å². The van der Waals surface area contributed by atoms with E-state index in [2.05, 4.69) is 5.32 Å². The van der Waals surface area contributed by atoms with E-state index < -0.39 is 15.8 Å². The van der Waals surface area contributed by atoms with Crippen LogP contribution in [0.5, 0.6) is 0 Å². The van der Waals surface area contributed by atoms with Crippen molar-refractivity contribution in [3.63, 3.8) is 0 Å². The molecule has 6 heteroatoms. The van der Waals surface area contributed by atoms with Crippen LogP contribution in [0.3, 0.4) is 0 Å². The second-order valence-corrected chi connectivity index (χ2v) is 6.23. The number of hydrogen-bond acceptors (Lipinski definition) is 4. The Bertz CT molecular complexity index is 565. The maximum absolute atomic E-state index is 12.1. The third-order valence-electron chi connectivity index (χ3n) is 2.70. The highest BCUT2D eigenvalue weighted by Gasteiger charge is 2.30. The fourth-order valence-electron chi connectivity index (χ4n) is 1.98. The molecule has 92 valence electrons. The van der Waals surface area contributed by atoms with E-state index in [-0.39, 0.29) is 22.1 Å². The molecule has 2 rings (SSSR count). The molecule has 0 saturated heterocycles. The van der Waals surface area contributed by atoms with E-state index in [0.717, 1.165) is 0 Å². The predicted molar refractivity (Wildman–Crippen MR) is 63.1 cm³/mol. The van der Waals surface area contributed by atoms with Crippen molar-refractivity contribution in [2.24, 2.45) is 5.92 Å². The molecule has 1 aliphatic heterocycles. The third kappa shape index (κ3) is 2.12. The number of nitrogens with one attached hydrogen (secondary N) is 1. The number of aromatic carboxylic acids is 1. The molecule has 1 heterocycles. The van der Waals surface area contributed by atoms with Gasteiger partial charge in [-0.1, -0.05) is 13.0 Å². The van der Waals surface area contributed by atoms with Crippen LogP contribution in [0.15, 0.2) is 23.1 Å². The monoisotopic (exact) mass is 255 g/mol. The summed E-state index contributed by atoms with van der Waals surface area (Å²) in [6.07, 6.45) is 0. The van der Waals surface area contributed by atoms with Crippen LogP contribution in [0.25, 0.3) is 0 Å². The molecule has 1 atom stereocenters. The smallest absolute Gasteiger partial charge is 0.337 e. The Hall–Kier alpha value is -1.56. The van der Waals surface area contributed by atoms with Gasteiger partial charge in [0.05, 0.1) is 17.0 Å². The molecule has 2 N–H and O–H groups in total. The van der Waals surface area contributed by atoms with Crippen LogP contribution in [-0.4, -0.2) is 31.8 Å². The topological polar surface area (TPSA) is 83.5 Å². The minimum atomic E-state index is -3.55. The van der Waals surface area contributed by atoms with Crippen molar-refractivity contribution in [2.45, 2.75) is 11.8 Å². The molecule has 0 saturated carbocycles. The van der Waals surface area contributed by atoms with E-state index in [1.807, 2.05) is 6.92 Å². The second kappa shape index (κ2) is 4.03. The maximum atomic E-state index is 12.1. The van der Waals surface area contributed by atoms with Crippen LogP contribution >= 0.6 is 0 Å². The number of benzene rings is 1. The molecule has 1 unspecified atom stereocenters. The Morgan fingerprint density at radius 3 is 2.82 bits per heavy atom. The maximum Gasteiger partial charge on any atom is 0.337 e. The summed E-state index contributed by atoms with van der Waals surface area (Å²) in [5, 5.41) is 12.0. The lowest BCUT2D eigenvalue weighted by Gasteiger charge is -2.09. The van der Waals surface area contributed by atoms with Crippen LogP contribution in [0.4, 0.5) is 5.69 Å². The van der Waals surface area contributed by atoms with Gasteiger partial charge in [0.1, 0.15) is 4.90 Å². The molecular weight excluding hydrogens is 242 g/mol. The Kier molecular flexibility index (Phi) is 2.82. The summed E-state index contributed by atoms with van der Waals surface area (Å²) in [7, 11) is -3.55. The number of carboxylic acids is 1. The van der Waals surface area contributed by atoms with Crippen molar-refractivity contribution in [3.8, 4) is 0 Å². The van der Waals surface area contributed by atoms with Crippen LogP contribution in [-0.2, 0) is 9.84 Å². The van der Waals surface area contributed by atoms with E-state index in [4.69, 9.17) is 5.11 Å². The quantitative estimate of drug-likeness (QED) is 0.788. The summed E-state index contributed by atoms with van der Waals surface area (Å²) in [6, 6.07) is 4.45. The standard InChI is InChI=1S/C11H13NO4S/c1-7-5-12-9-4-2-3-8(11(13)14)10(9)17(15,16)6-7/h2-4,7,12H,5-6H2,1H3,(H,13,14). The highest BCUT2D eigenvalue weighted by Crippen LogP contribution is 2.30. The van der Waals surface area contributed by atoms with Gasteiger partial charge in [-0.2, -0.15) is 0 Å². The molecule has 0 radical (unpaired) electrons. The zero-order chi connectivity index (χ0) is 12.6. The van der Waals surface area contributed by atoms with Crippen LogP contribution in [0, 0.1) is 5.92 Å². The average molecular weight is 255 g/mol. The predicted octanol–water partition coefficient (Wildman–Crippen LogP) is 1.22. The lowest BCUT2D eigenvalue weighted by atomic mass is 10.2. The average Bonchev–Trinajstić information content (AvgIpc) is 2.35. The first kappa shape index (κ1) is 11.9. The van der Waals surface area contributed by atoms with E-state index in [9.17, 15) is 13.2 Å². The summed E-state index contributed by atoms with van der Waals surface area (Å²) in [5.74, 6) is -1.30. The van der Waals surface area contributed by atoms with Crippen molar-refractivity contribution >= 4 is 21.5 Å². The number of rotatable bonds is 1. The Labute approximate surface area is 99.4 Å². The molecule has 17 heavy (non-hydrogen) atoms. The van der Waals surface area contributed by atoms with Crippen molar-refractivity contribution in [1.29, 1.82) is 0 Å². The zero-order valence-electron chi connectivity index (χ0n) is 9.30. The zero-order valence-corrected chi connectivity index (χ0v) is 10.1. The Morgan fingerprint density at radius 1 is 1.47 bits per heavy atom. The van der Waals surface area contributed by atoms with Crippen LogP contribution in [0.1, 0.15) is 17.3 Å². The van der Waals surface area contributed by atoms with Gasteiger partial charge in [-0.25, -0.2) is 13.2 Å². The van der Waals surface area contributed by atoms with Crippen molar-refractivity contribution < 1.29 is 18.3 Å². The molecule has 0 aliphatic carbocycles. The first-order valence-electron chi connectivity index (χ1n) is 5.25. The van der Waals surface area contributed by atoms with Crippen molar-refractivity contribution in [1.82, 2.24) is 0 Å². The first-order valence-corrected chi connectivity index (χ1v) is 6.90. The van der Waals surface area contributed by atoms with E-state index in [1.165, 1.54) is 6.07 Å². The molecule has 5 nitrogen and oxygen atoms in total. The number of carbonyl (C=O) groups is 1. The van der Waals surface area contributed by atoms with E-state index in [1.54, 1.807) is 12.1 Å². The lowest BCUT2D eigenvalue weighted by molar-refractivity contribution is 0.0693. The Morgan fingerprint density at radius 2 is 2.18 bits per heavy atom. The number of carboxylic acid groups (broad SMARTS) is 1. The molecule has 0 spiro atoms. The number of fused-ring (bicyclic) bond motifs is 1. The second-order valence-electron chi connectivity index (χ2n) is 4.25. The summed E-state index contributed by atoms with van der Waals surface area (Å²) in [4.78, 5) is 11.0. The SMILES string of the molecule is CC1CNc2cccc(C(=O)O)c2S(=O)(=O)C1. The van der Waals surface area contributed by atoms with Gasteiger partial charge in [0, 0.05) is 6.54 Å². The highest BCUT2D eigenvalue weighted by molar-refractivity contribution is 7.91. The molecule has 1 aromatic carbocycles. The van der Waals surface area contributed by atoms with E-state index >= 15 is 0 Å². The molecule has 1 aromatic rings. The van der Waals surface area contributed by atoms with Gasteiger partial charge in [0.2, 0.25) is 0 Å². The molecule has 0 bridgehead atoms. The van der Waals surface area contributed by atoms with Crippen molar-refractivity contribution in [2.75, 3.05) is 17.6 Å². The minimum Gasteiger partial charge on any atom is -0.478 e. The summed E-state index contributed by atoms with van der Waals surface area (Å²) < 4.78 is 24.3. The van der Waals surface area contributed by atoms with Gasteiger partial charge in [0.25, 0.3) is 0 Å². The van der Waals surface area contributed by atoms with Gasteiger partial charge >= 0.3 is 5.97 Å². The number of sulfone groups is 1. The van der Waals surface area contributed by atoms with Gasteiger partial charge in [-0.3, -0.25) is 0 Å². The Balaban J connectivity index is 2.71. The summed E-state index contributed by atoms with van der Waals surface area (Å²) in [5.41, 5.74) is 0.221. The summed E-state index contributed by atoms with van der Waals surface area (Å²) >= 11 is 0. The third-order valence-corrected chi connectivity index (χ3v) is 4.77. The molecule has 0 fully saturated rings. The molecular formula is C11H13NO4S. The highest BCUT2D eigenvalue weighted by atomic mass is 32.2. The largest absolute Gasteiger partial charge is 0.478 e. The molecule has 0 aromatic heterocycles. The molecule has 0 amide bonds. The first-order chi connectivity index (χ1) is 7.92. The van der Waals surface area contributed by atoms with Gasteiger partial charge in [-0.15, -0.1) is 0 Å². The normalized spacial score (nSPS) is 22.1. The summed E-state index contributed by atoms with van der Waals surface area (Å²) in [6.45, 7) is 2.34. The lowest BCUT2D eigenvalue weighted by Crippen LogP contribution is -2.16. The van der Waals surface area contributed by atoms with Crippen LogP contribution in [0.2, 0.25) is 0 Å². The minimum absolute atomic E-state index is 0.0305. The van der Waals surface area contributed by atoms with Gasteiger partial charge < -0.3 is 10.4 Å². The van der Waals surface area contributed by atoms with E-state index in [0.29, 0.717) is 12.2 Å². The molecule has 1 aliphatic rings. The van der Waals surface area contributed by atoms with Gasteiger partial charge in [0.15, 0.2) is 9.84 Å². The number of hydrogen-bond donors (Lipinski definition) is 2. The van der Waals surface area contributed by atoms with Gasteiger partial charge in [-0.05, 0) is 18.1 Å². The fourth-order valence-corrected chi connectivity index (χ4v) is 3.98. The van der Waals surface area contributed by atoms with Crippen LogP contribution < -0.4 is 5.32 Å². The fraction of sp³-hybridized carbons (Fsp3) is 0.364.